The lowest BCUT2D eigenvalue weighted by atomic mass is 10.00. The summed E-state index contributed by atoms with van der Waals surface area (Å²) in [6, 6.07) is 0. The van der Waals surface area contributed by atoms with Crippen LogP contribution >= 0.6 is 0 Å². The van der Waals surface area contributed by atoms with E-state index in [9.17, 15) is 9.59 Å². The predicted molar refractivity (Wildman–Crippen MR) is 48.9 cm³/mol. The highest BCUT2D eigenvalue weighted by Gasteiger charge is 2.23. The molecule has 0 saturated carbocycles. The lowest BCUT2D eigenvalue weighted by molar-refractivity contribution is -0.151. The van der Waals surface area contributed by atoms with Crippen LogP contribution in [0.15, 0.2) is 0 Å². The predicted octanol–water partition coefficient (Wildman–Crippen LogP) is 1.17. The first-order chi connectivity index (χ1) is 6.13. The van der Waals surface area contributed by atoms with Crippen molar-refractivity contribution in [3.63, 3.8) is 0 Å². The average Bonchev–Trinajstić information content (AvgIpc) is 2.05. The summed E-state index contributed by atoms with van der Waals surface area (Å²) in [7, 11) is 0. The summed E-state index contributed by atoms with van der Waals surface area (Å²) in [5.74, 6) is 1.05. The Morgan fingerprint density at radius 3 is 2.54 bits per heavy atom. The Morgan fingerprint density at radius 2 is 2.15 bits per heavy atom. The lowest BCUT2D eigenvalue weighted by Crippen LogP contribution is -2.24. The first-order valence-electron chi connectivity index (χ1n) is 4.24. The van der Waals surface area contributed by atoms with E-state index in [0.29, 0.717) is 19.4 Å². The van der Waals surface area contributed by atoms with Gasteiger partial charge in [-0.1, -0.05) is 0 Å². The van der Waals surface area contributed by atoms with Gasteiger partial charge in [0.15, 0.2) is 0 Å². The summed E-state index contributed by atoms with van der Waals surface area (Å²) in [5.41, 5.74) is 0. The molecule has 0 bridgehead atoms. The first-order valence-corrected chi connectivity index (χ1v) is 4.24. The van der Waals surface area contributed by atoms with Gasteiger partial charge in [-0.15, -0.1) is 12.3 Å². The molecule has 0 amide bonds. The quantitative estimate of drug-likeness (QED) is 0.364. The number of ether oxygens (including phenoxy) is 1. The van der Waals surface area contributed by atoms with E-state index >= 15 is 0 Å². The fourth-order valence-corrected chi connectivity index (χ4v) is 0.958. The minimum atomic E-state index is -0.684. The van der Waals surface area contributed by atoms with Gasteiger partial charge in [0.05, 0.1) is 6.61 Å². The number of Topliss-reactive ketones (excluding diaryl/α,β-unsaturated/α-hetero) is 1. The molecule has 0 heterocycles. The maximum Gasteiger partial charge on any atom is 0.316 e. The smallest absolute Gasteiger partial charge is 0.316 e. The number of carbonyl (C=O) groups is 2. The Bertz CT molecular complexity index is 225. The summed E-state index contributed by atoms with van der Waals surface area (Å²) < 4.78 is 4.73. The summed E-state index contributed by atoms with van der Waals surface area (Å²) in [5, 5.41) is 0. The molecule has 13 heavy (non-hydrogen) atoms. The molecule has 0 aliphatic carbocycles. The van der Waals surface area contributed by atoms with Crippen molar-refractivity contribution in [3.05, 3.63) is 0 Å². The van der Waals surface area contributed by atoms with E-state index in [-0.39, 0.29) is 5.78 Å². The van der Waals surface area contributed by atoms with Crippen molar-refractivity contribution in [1.29, 1.82) is 0 Å². The van der Waals surface area contributed by atoms with Crippen LogP contribution in [0.2, 0.25) is 0 Å². The van der Waals surface area contributed by atoms with E-state index < -0.39 is 11.9 Å². The van der Waals surface area contributed by atoms with Crippen LogP contribution in [0.25, 0.3) is 0 Å². The van der Waals surface area contributed by atoms with Crippen molar-refractivity contribution in [2.24, 2.45) is 5.92 Å². The van der Waals surface area contributed by atoms with Crippen LogP contribution in [0, 0.1) is 18.3 Å². The number of hydrogen-bond acceptors (Lipinski definition) is 3. The van der Waals surface area contributed by atoms with Gasteiger partial charge in [-0.25, -0.2) is 0 Å². The van der Waals surface area contributed by atoms with Crippen molar-refractivity contribution >= 4 is 11.8 Å². The van der Waals surface area contributed by atoms with Crippen LogP contribution in [0.5, 0.6) is 0 Å². The standard InChI is InChI=1S/C10H14O3/c1-4-6-7-9(8(3)11)10(12)13-5-2/h1,9H,5-7H2,2-3H3. The molecule has 0 aliphatic heterocycles. The molecule has 72 valence electrons. The van der Waals surface area contributed by atoms with Crippen LogP contribution in [0.1, 0.15) is 26.7 Å². The van der Waals surface area contributed by atoms with Crippen LogP contribution in [-0.4, -0.2) is 18.4 Å². The average molecular weight is 182 g/mol. The molecular formula is C10H14O3. The SMILES string of the molecule is C#CCCC(C(C)=O)C(=O)OCC. The monoisotopic (exact) mass is 182 g/mol. The van der Waals surface area contributed by atoms with Gasteiger partial charge in [0.2, 0.25) is 0 Å². The lowest BCUT2D eigenvalue weighted by Gasteiger charge is -2.10. The highest BCUT2D eigenvalue weighted by molar-refractivity contribution is 5.97. The minimum Gasteiger partial charge on any atom is -0.465 e. The third kappa shape index (κ3) is 4.32. The molecule has 0 rings (SSSR count). The summed E-state index contributed by atoms with van der Waals surface area (Å²) in [4.78, 5) is 22.2. The Morgan fingerprint density at radius 1 is 1.54 bits per heavy atom. The van der Waals surface area contributed by atoms with E-state index in [1.165, 1.54) is 6.92 Å². The zero-order chi connectivity index (χ0) is 10.3. The van der Waals surface area contributed by atoms with Gasteiger partial charge in [-0.3, -0.25) is 9.59 Å². The molecule has 0 aromatic carbocycles. The largest absolute Gasteiger partial charge is 0.465 e. The number of hydrogen-bond donors (Lipinski definition) is 0. The number of carbonyl (C=O) groups excluding carboxylic acids is 2. The first kappa shape index (κ1) is 11.7. The minimum absolute atomic E-state index is 0.186. The Balaban J connectivity index is 4.17. The fourth-order valence-electron chi connectivity index (χ4n) is 0.958. The van der Waals surface area contributed by atoms with Crippen molar-refractivity contribution < 1.29 is 14.3 Å². The van der Waals surface area contributed by atoms with Crippen LogP contribution in [0.4, 0.5) is 0 Å². The van der Waals surface area contributed by atoms with Crippen LogP contribution in [-0.2, 0) is 14.3 Å². The third-order valence-electron chi connectivity index (χ3n) is 1.64. The van der Waals surface area contributed by atoms with Crippen molar-refractivity contribution in [3.8, 4) is 12.3 Å². The van der Waals surface area contributed by atoms with Gasteiger partial charge in [0.25, 0.3) is 0 Å². The third-order valence-corrected chi connectivity index (χ3v) is 1.64. The molecule has 1 unspecified atom stereocenters. The molecule has 0 spiro atoms. The molecule has 0 aliphatic rings. The second kappa shape index (κ2) is 6.24. The van der Waals surface area contributed by atoms with Gasteiger partial charge in [-0.05, 0) is 20.3 Å². The molecule has 0 radical (unpaired) electrons. The maximum atomic E-state index is 11.2. The van der Waals surface area contributed by atoms with E-state index in [1.807, 2.05) is 0 Å². The highest BCUT2D eigenvalue weighted by Crippen LogP contribution is 2.09. The summed E-state index contributed by atoms with van der Waals surface area (Å²) >= 11 is 0. The molecule has 0 fully saturated rings. The molecule has 0 saturated heterocycles. The highest BCUT2D eigenvalue weighted by atomic mass is 16.5. The maximum absolute atomic E-state index is 11.2. The van der Waals surface area contributed by atoms with Crippen LogP contribution < -0.4 is 0 Å². The molecule has 3 heteroatoms. The van der Waals surface area contributed by atoms with Crippen molar-refractivity contribution in [2.75, 3.05) is 6.61 Å². The van der Waals surface area contributed by atoms with E-state index in [2.05, 4.69) is 5.92 Å². The molecular weight excluding hydrogens is 168 g/mol. The number of terminal acetylenes is 1. The fraction of sp³-hybridized carbons (Fsp3) is 0.600. The molecule has 0 aromatic heterocycles. The summed E-state index contributed by atoms with van der Waals surface area (Å²) in [6.45, 7) is 3.37. The van der Waals surface area contributed by atoms with Gasteiger partial charge in [-0.2, -0.15) is 0 Å². The molecule has 0 N–H and O–H groups in total. The van der Waals surface area contributed by atoms with Gasteiger partial charge in [0.1, 0.15) is 11.7 Å². The Kier molecular flexibility index (Phi) is 5.62. The van der Waals surface area contributed by atoms with Gasteiger partial charge < -0.3 is 4.74 Å². The number of ketones is 1. The van der Waals surface area contributed by atoms with E-state index in [0.717, 1.165) is 0 Å². The van der Waals surface area contributed by atoms with Gasteiger partial charge >= 0.3 is 5.97 Å². The zero-order valence-electron chi connectivity index (χ0n) is 8.00. The topological polar surface area (TPSA) is 43.4 Å². The Labute approximate surface area is 78.5 Å². The van der Waals surface area contributed by atoms with E-state index in [4.69, 9.17) is 11.2 Å². The number of esters is 1. The van der Waals surface area contributed by atoms with Crippen molar-refractivity contribution in [1.82, 2.24) is 0 Å². The summed E-state index contributed by atoms with van der Waals surface area (Å²) in [6.07, 6.45) is 5.84. The van der Waals surface area contributed by atoms with Gasteiger partial charge in [0, 0.05) is 6.42 Å². The van der Waals surface area contributed by atoms with Crippen molar-refractivity contribution in [2.45, 2.75) is 26.7 Å². The zero-order valence-corrected chi connectivity index (χ0v) is 8.00. The van der Waals surface area contributed by atoms with E-state index in [1.54, 1.807) is 6.92 Å². The number of rotatable bonds is 5. The molecule has 0 aromatic rings. The molecule has 3 nitrogen and oxygen atoms in total. The molecule has 1 atom stereocenters. The second-order valence-electron chi connectivity index (χ2n) is 2.66. The normalized spacial score (nSPS) is 11.5. The Hall–Kier alpha value is -1.30. The van der Waals surface area contributed by atoms with Crippen LogP contribution in [0.3, 0.4) is 0 Å². The second-order valence-corrected chi connectivity index (χ2v) is 2.66.